The average molecular weight is 449 g/mol. The molecule has 5 aromatic rings. The van der Waals surface area contributed by atoms with E-state index in [9.17, 15) is 0 Å². The molecule has 34 heavy (non-hydrogen) atoms. The number of nitrogens with one attached hydrogen (secondary N) is 2. The highest BCUT2D eigenvalue weighted by molar-refractivity contribution is 5.91. The molecule has 0 spiro atoms. The van der Waals surface area contributed by atoms with Gasteiger partial charge in [-0.1, -0.05) is 48.5 Å². The second-order valence-corrected chi connectivity index (χ2v) is 8.99. The van der Waals surface area contributed by atoms with E-state index in [1.165, 1.54) is 12.8 Å². The lowest BCUT2D eigenvalue weighted by molar-refractivity contribution is 0.367. The van der Waals surface area contributed by atoms with Crippen LogP contribution in [0.5, 0.6) is 0 Å². The third-order valence-corrected chi connectivity index (χ3v) is 6.83. The molecule has 0 saturated carbocycles. The van der Waals surface area contributed by atoms with E-state index in [4.69, 9.17) is 9.97 Å². The molecule has 0 atom stereocenters. The van der Waals surface area contributed by atoms with Gasteiger partial charge in [0.1, 0.15) is 17.0 Å². The fraction of sp³-hybridized carbons (Fsp3) is 0.250. The maximum Gasteiger partial charge on any atom is 0.152 e. The van der Waals surface area contributed by atoms with Crippen LogP contribution in [0.15, 0.2) is 73.1 Å². The summed E-state index contributed by atoms with van der Waals surface area (Å²) >= 11 is 0. The molecule has 6 nitrogen and oxygen atoms in total. The van der Waals surface area contributed by atoms with Crippen LogP contribution in [0.3, 0.4) is 0 Å². The van der Waals surface area contributed by atoms with Crippen LogP contribution in [0.25, 0.3) is 38.9 Å². The van der Waals surface area contributed by atoms with Gasteiger partial charge in [-0.25, -0.2) is 15.0 Å². The van der Waals surface area contributed by atoms with Crippen molar-refractivity contribution in [2.24, 2.45) is 5.92 Å². The predicted octanol–water partition coefficient (Wildman–Crippen LogP) is 5.20. The lowest BCUT2D eigenvalue weighted by Crippen LogP contribution is -2.29. The highest BCUT2D eigenvalue weighted by atomic mass is 15.1. The van der Waals surface area contributed by atoms with Gasteiger partial charge in [0, 0.05) is 42.4 Å². The summed E-state index contributed by atoms with van der Waals surface area (Å²) in [6.07, 6.45) is 7.24. The van der Waals surface area contributed by atoms with Crippen LogP contribution in [0.1, 0.15) is 18.7 Å². The molecule has 0 amide bonds. The van der Waals surface area contributed by atoms with Gasteiger partial charge in [0.15, 0.2) is 5.82 Å². The first-order valence-electron chi connectivity index (χ1n) is 12.0. The zero-order chi connectivity index (χ0) is 22.9. The molecule has 2 aromatic carbocycles. The van der Waals surface area contributed by atoms with Gasteiger partial charge in [0.05, 0.1) is 11.2 Å². The third-order valence-electron chi connectivity index (χ3n) is 6.83. The number of rotatable bonds is 5. The van der Waals surface area contributed by atoms with E-state index in [1.54, 1.807) is 0 Å². The Morgan fingerprint density at radius 3 is 2.62 bits per heavy atom. The highest BCUT2D eigenvalue weighted by Crippen LogP contribution is 2.32. The smallest absolute Gasteiger partial charge is 0.152 e. The number of hydrogen-bond donors (Lipinski definition) is 2. The molecule has 2 N–H and O–H groups in total. The second-order valence-electron chi connectivity index (χ2n) is 8.99. The van der Waals surface area contributed by atoms with Crippen molar-refractivity contribution in [3.05, 3.63) is 78.9 Å². The Labute approximate surface area is 199 Å². The lowest BCUT2D eigenvalue weighted by atomic mass is 9.94. The zero-order valence-corrected chi connectivity index (χ0v) is 19.3. The summed E-state index contributed by atoms with van der Waals surface area (Å²) in [7, 11) is 1.92. The predicted molar refractivity (Wildman–Crippen MR) is 138 cm³/mol. The standard InChI is InChI=1S/C28H28N6/c1-29-28-27-26(33-25(34(27)16-15-31-28)17-19-11-13-30-14-12-19)22-8-7-21-9-10-23(32-24(21)18-22)20-5-3-2-4-6-20/h2-10,15-16,18-19,30H,11-14,17H2,1H3,(H,29,31). The third kappa shape index (κ3) is 3.80. The SMILES string of the molecule is CNc1nccn2c(CC3CCNCC3)nc(-c3ccc4ccc(-c5ccccc5)nc4c3)c12. The zero-order valence-electron chi connectivity index (χ0n) is 19.3. The van der Waals surface area contributed by atoms with Crippen LogP contribution < -0.4 is 10.6 Å². The van der Waals surface area contributed by atoms with Crippen molar-refractivity contribution in [1.29, 1.82) is 0 Å². The number of nitrogens with zero attached hydrogens (tertiary/aromatic N) is 4. The van der Waals surface area contributed by atoms with E-state index in [0.717, 1.165) is 70.1 Å². The molecule has 0 bridgehead atoms. The first-order valence-corrected chi connectivity index (χ1v) is 12.0. The molecule has 3 aromatic heterocycles. The van der Waals surface area contributed by atoms with Crippen LogP contribution in [0, 0.1) is 5.92 Å². The highest BCUT2D eigenvalue weighted by Gasteiger charge is 2.21. The number of piperidine rings is 1. The summed E-state index contributed by atoms with van der Waals surface area (Å²) in [5, 5.41) is 7.85. The van der Waals surface area contributed by atoms with E-state index in [0.29, 0.717) is 5.92 Å². The van der Waals surface area contributed by atoms with Gasteiger partial charge in [0.2, 0.25) is 0 Å². The molecule has 0 radical (unpaired) electrons. The van der Waals surface area contributed by atoms with Gasteiger partial charge >= 0.3 is 0 Å². The number of anilines is 1. The minimum Gasteiger partial charge on any atom is -0.371 e. The fourth-order valence-electron chi connectivity index (χ4n) is 5.01. The van der Waals surface area contributed by atoms with Gasteiger partial charge in [-0.05, 0) is 44.0 Å². The van der Waals surface area contributed by atoms with Crippen molar-refractivity contribution in [3.63, 3.8) is 0 Å². The molecular weight excluding hydrogens is 420 g/mol. The van der Waals surface area contributed by atoms with Crippen LogP contribution >= 0.6 is 0 Å². The van der Waals surface area contributed by atoms with Crippen LogP contribution in [-0.4, -0.2) is 39.5 Å². The van der Waals surface area contributed by atoms with Gasteiger partial charge in [-0.3, -0.25) is 4.40 Å². The van der Waals surface area contributed by atoms with Crippen molar-refractivity contribution >= 4 is 22.2 Å². The summed E-state index contributed by atoms with van der Waals surface area (Å²) in [4.78, 5) is 14.8. The Balaban J connectivity index is 1.47. The fourth-order valence-corrected chi connectivity index (χ4v) is 5.01. The first kappa shape index (κ1) is 20.8. The van der Waals surface area contributed by atoms with Gasteiger partial charge in [-0.15, -0.1) is 0 Å². The van der Waals surface area contributed by atoms with E-state index in [2.05, 4.69) is 62.5 Å². The number of hydrogen-bond acceptors (Lipinski definition) is 5. The van der Waals surface area contributed by atoms with Crippen molar-refractivity contribution in [1.82, 2.24) is 24.7 Å². The number of pyridine rings is 1. The number of fused-ring (bicyclic) bond motifs is 2. The summed E-state index contributed by atoms with van der Waals surface area (Å²) in [5.41, 5.74) is 6.10. The molecule has 6 heteroatoms. The van der Waals surface area contributed by atoms with E-state index < -0.39 is 0 Å². The largest absolute Gasteiger partial charge is 0.371 e. The average Bonchev–Trinajstić information content (AvgIpc) is 3.27. The van der Waals surface area contributed by atoms with Crippen LogP contribution in [0.4, 0.5) is 5.82 Å². The van der Waals surface area contributed by atoms with Crippen molar-refractivity contribution < 1.29 is 0 Å². The molecule has 4 heterocycles. The number of aromatic nitrogens is 4. The maximum atomic E-state index is 5.18. The maximum absolute atomic E-state index is 5.18. The Kier molecular flexibility index (Phi) is 5.43. The molecule has 1 aliphatic heterocycles. The number of benzene rings is 2. The summed E-state index contributed by atoms with van der Waals surface area (Å²) < 4.78 is 2.22. The Bertz CT molecular complexity index is 1450. The second kappa shape index (κ2) is 8.88. The van der Waals surface area contributed by atoms with Gasteiger partial charge < -0.3 is 10.6 Å². The summed E-state index contributed by atoms with van der Waals surface area (Å²) in [6, 6.07) is 21.0. The molecule has 1 saturated heterocycles. The van der Waals surface area contributed by atoms with E-state index in [-0.39, 0.29) is 0 Å². The van der Waals surface area contributed by atoms with E-state index >= 15 is 0 Å². The van der Waals surface area contributed by atoms with Crippen molar-refractivity contribution in [2.45, 2.75) is 19.3 Å². The van der Waals surface area contributed by atoms with Crippen molar-refractivity contribution in [3.8, 4) is 22.5 Å². The molecule has 6 rings (SSSR count). The quantitative estimate of drug-likeness (QED) is 0.387. The normalized spacial score (nSPS) is 14.6. The molecule has 170 valence electrons. The number of imidazole rings is 1. The first-order chi connectivity index (χ1) is 16.8. The Morgan fingerprint density at radius 1 is 0.971 bits per heavy atom. The topological polar surface area (TPSA) is 67.1 Å². The van der Waals surface area contributed by atoms with Gasteiger partial charge in [-0.2, -0.15) is 0 Å². The Hall–Kier alpha value is -3.77. The van der Waals surface area contributed by atoms with Gasteiger partial charge in [0.25, 0.3) is 0 Å². The Morgan fingerprint density at radius 2 is 1.79 bits per heavy atom. The monoisotopic (exact) mass is 448 g/mol. The van der Waals surface area contributed by atoms with Crippen molar-refractivity contribution in [2.75, 3.05) is 25.5 Å². The molecule has 0 aliphatic carbocycles. The molecule has 1 fully saturated rings. The lowest BCUT2D eigenvalue weighted by Gasteiger charge is -2.21. The molecule has 0 unspecified atom stereocenters. The van der Waals surface area contributed by atoms with Crippen LogP contribution in [-0.2, 0) is 6.42 Å². The molecule has 1 aliphatic rings. The minimum absolute atomic E-state index is 0.651. The van der Waals surface area contributed by atoms with E-state index in [1.807, 2.05) is 37.6 Å². The summed E-state index contributed by atoms with van der Waals surface area (Å²) in [5.74, 6) is 2.59. The summed E-state index contributed by atoms with van der Waals surface area (Å²) in [6.45, 7) is 2.18. The molecular formula is C28H28N6. The minimum atomic E-state index is 0.651. The van der Waals surface area contributed by atoms with Crippen LogP contribution in [0.2, 0.25) is 0 Å².